The molecular weight excluding hydrogens is 449 g/mol. The predicted molar refractivity (Wildman–Crippen MR) is 144 cm³/mol. The maximum atomic E-state index is 9.38. The van der Waals surface area contributed by atoms with E-state index in [4.69, 9.17) is 4.42 Å². The molecule has 0 radical (unpaired) electrons. The molecular formula is C29H16BN3OS. The molecule has 0 saturated heterocycles. The molecule has 162 valence electrons. The Bertz CT molecular complexity index is 1850. The Hall–Kier alpha value is -4.47. The number of hydrogen-bond donors (Lipinski definition) is 0. The fourth-order valence-electron chi connectivity index (χ4n) is 5.63. The smallest absolute Gasteiger partial charge is 0.460 e. The van der Waals surface area contributed by atoms with Gasteiger partial charge in [-0.15, -0.1) is 11.3 Å². The summed E-state index contributed by atoms with van der Waals surface area (Å²) in [6.45, 7) is -0.161. The molecule has 4 aromatic carbocycles. The third-order valence-corrected chi connectivity index (χ3v) is 8.22. The highest BCUT2D eigenvalue weighted by Crippen LogP contribution is 2.57. The Kier molecular flexibility index (Phi) is 3.67. The lowest BCUT2D eigenvalue weighted by Crippen LogP contribution is -2.55. The number of anilines is 4. The van der Waals surface area contributed by atoms with Crippen molar-refractivity contribution in [2.24, 2.45) is 0 Å². The highest BCUT2D eigenvalue weighted by atomic mass is 32.1. The van der Waals surface area contributed by atoms with E-state index in [1.54, 1.807) is 0 Å². The number of benzene rings is 4. The molecule has 6 heteroatoms. The summed E-state index contributed by atoms with van der Waals surface area (Å²) in [6, 6.07) is 35.6. The fraction of sp³-hybridized carbons (Fsp3) is 0. The standard InChI is InChI=1S/C29H16BN3OS/c31-17-18-13-15-19(16-14-18)32-27-22-9-3-6-12-25(22)35-29(27)33-23-10-4-1-7-20(23)26-21-8-2-5-11-24(21)34-28(26)30(32)33/h1-16H. The molecule has 8 rings (SSSR count). The topological polar surface area (TPSA) is 43.4 Å². The van der Waals surface area contributed by atoms with Crippen molar-refractivity contribution in [1.82, 2.24) is 0 Å². The number of para-hydroxylation sites is 2. The van der Waals surface area contributed by atoms with E-state index in [9.17, 15) is 5.26 Å². The van der Waals surface area contributed by atoms with Crippen molar-refractivity contribution in [2.75, 3.05) is 9.62 Å². The predicted octanol–water partition coefficient (Wildman–Crippen LogP) is 7.18. The number of thiophene rings is 1. The molecule has 0 spiro atoms. The first-order chi connectivity index (χ1) is 17.3. The molecule has 0 bridgehead atoms. The number of nitriles is 1. The van der Waals surface area contributed by atoms with Gasteiger partial charge in [-0.25, -0.2) is 0 Å². The van der Waals surface area contributed by atoms with Gasteiger partial charge in [-0.3, -0.25) is 0 Å². The van der Waals surface area contributed by atoms with Gasteiger partial charge in [0.05, 0.1) is 17.3 Å². The number of rotatable bonds is 1. The van der Waals surface area contributed by atoms with Crippen molar-refractivity contribution >= 4 is 67.1 Å². The second kappa shape index (κ2) is 6.78. The first kappa shape index (κ1) is 18.9. The molecule has 0 unspecified atom stereocenters. The monoisotopic (exact) mass is 465 g/mol. The number of hydrogen-bond acceptors (Lipinski definition) is 5. The Morgan fingerprint density at radius 2 is 1.51 bits per heavy atom. The summed E-state index contributed by atoms with van der Waals surface area (Å²) in [5.74, 6) is 0. The summed E-state index contributed by atoms with van der Waals surface area (Å²) < 4.78 is 7.89. The van der Waals surface area contributed by atoms with E-state index in [-0.39, 0.29) is 6.98 Å². The third kappa shape index (κ3) is 2.40. The van der Waals surface area contributed by atoms with Crippen molar-refractivity contribution in [2.45, 2.75) is 0 Å². The van der Waals surface area contributed by atoms with Crippen LogP contribution in [0.3, 0.4) is 0 Å². The maximum absolute atomic E-state index is 9.38. The van der Waals surface area contributed by atoms with Crippen molar-refractivity contribution in [3.05, 3.63) is 103 Å². The van der Waals surface area contributed by atoms with Gasteiger partial charge < -0.3 is 14.0 Å². The van der Waals surface area contributed by atoms with E-state index in [1.165, 1.54) is 32.0 Å². The van der Waals surface area contributed by atoms with Crippen LogP contribution in [0.15, 0.2) is 101 Å². The molecule has 0 N–H and O–H groups in total. The van der Waals surface area contributed by atoms with Crippen LogP contribution in [-0.4, -0.2) is 6.98 Å². The van der Waals surface area contributed by atoms with Gasteiger partial charge in [0.15, 0.2) is 0 Å². The van der Waals surface area contributed by atoms with Crippen LogP contribution in [0.25, 0.3) is 32.2 Å². The largest absolute Gasteiger partial charge is 0.465 e. The van der Waals surface area contributed by atoms with Gasteiger partial charge in [-0.1, -0.05) is 54.6 Å². The lowest BCUT2D eigenvalue weighted by molar-refractivity contribution is 0.649. The van der Waals surface area contributed by atoms with Crippen LogP contribution < -0.4 is 15.3 Å². The first-order valence-electron chi connectivity index (χ1n) is 11.5. The summed E-state index contributed by atoms with van der Waals surface area (Å²) in [6.07, 6.45) is 0. The number of furan rings is 1. The van der Waals surface area contributed by atoms with Gasteiger partial charge in [0.25, 0.3) is 0 Å². The summed E-state index contributed by atoms with van der Waals surface area (Å²) >= 11 is 1.81. The van der Waals surface area contributed by atoms with Gasteiger partial charge in [0.2, 0.25) is 0 Å². The molecule has 0 atom stereocenters. The van der Waals surface area contributed by atoms with Crippen molar-refractivity contribution in [1.29, 1.82) is 5.26 Å². The molecule has 4 heterocycles. The first-order valence-corrected chi connectivity index (χ1v) is 12.4. The molecule has 4 nitrogen and oxygen atoms in total. The average molecular weight is 465 g/mol. The van der Waals surface area contributed by atoms with Crippen LogP contribution in [0.5, 0.6) is 0 Å². The zero-order valence-corrected chi connectivity index (χ0v) is 19.3. The minimum absolute atomic E-state index is 0.161. The molecule has 2 aromatic heterocycles. The van der Waals surface area contributed by atoms with Gasteiger partial charge >= 0.3 is 6.98 Å². The zero-order chi connectivity index (χ0) is 23.1. The highest BCUT2D eigenvalue weighted by Gasteiger charge is 2.52. The number of fused-ring (bicyclic) bond motifs is 12. The van der Waals surface area contributed by atoms with Crippen molar-refractivity contribution < 1.29 is 4.42 Å². The molecule has 2 aliphatic rings. The Morgan fingerprint density at radius 1 is 0.771 bits per heavy atom. The van der Waals surface area contributed by atoms with Crippen LogP contribution >= 0.6 is 11.3 Å². The van der Waals surface area contributed by atoms with Crippen LogP contribution in [-0.2, 0) is 0 Å². The van der Waals surface area contributed by atoms with E-state index in [0.29, 0.717) is 5.56 Å². The zero-order valence-electron chi connectivity index (χ0n) is 18.5. The number of nitrogens with zero attached hydrogens (tertiary/aromatic N) is 3. The van der Waals surface area contributed by atoms with E-state index < -0.39 is 0 Å². The molecule has 2 aliphatic heterocycles. The minimum atomic E-state index is -0.161. The van der Waals surface area contributed by atoms with E-state index in [1.807, 2.05) is 47.7 Å². The van der Waals surface area contributed by atoms with Crippen molar-refractivity contribution in [3.8, 4) is 17.2 Å². The average Bonchev–Trinajstić information content (AvgIpc) is 3.57. The highest BCUT2D eigenvalue weighted by molar-refractivity contribution is 7.25. The van der Waals surface area contributed by atoms with E-state index >= 15 is 0 Å². The molecule has 0 fully saturated rings. The summed E-state index contributed by atoms with van der Waals surface area (Å²) in [7, 11) is 0. The van der Waals surface area contributed by atoms with Crippen LogP contribution in [0.1, 0.15) is 5.56 Å². The normalized spacial score (nSPS) is 13.5. The molecule has 0 amide bonds. The fourth-order valence-corrected chi connectivity index (χ4v) is 6.86. The SMILES string of the molecule is N#Cc1ccc(N2B3c4oc5ccccc5c4-c4ccccc4N3c3sc4ccccc4c32)cc1. The van der Waals surface area contributed by atoms with Gasteiger partial charge in [-0.2, -0.15) is 5.26 Å². The molecule has 6 aromatic rings. The Labute approximate surface area is 206 Å². The third-order valence-electron chi connectivity index (χ3n) is 7.06. The van der Waals surface area contributed by atoms with Crippen LogP contribution in [0.4, 0.5) is 22.1 Å². The van der Waals surface area contributed by atoms with Crippen LogP contribution in [0.2, 0.25) is 0 Å². The van der Waals surface area contributed by atoms with E-state index in [2.05, 4.69) is 76.4 Å². The summed E-state index contributed by atoms with van der Waals surface area (Å²) in [4.78, 5) is 4.81. The summed E-state index contributed by atoms with van der Waals surface area (Å²) in [5.41, 5.74) is 8.25. The lowest BCUT2D eigenvalue weighted by Gasteiger charge is -2.34. The van der Waals surface area contributed by atoms with Gasteiger partial charge in [0, 0.05) is 38.0 Å². The van der Waals surface area contributed by atoms with Crippen LogP contribution in [0, 0.1) is 11.3 Å². The minimum Gasteiger partial charge on any atom is -0.465 e. The Balaban J connectivity index is 1.49. The molecule has 0 saturated carbocycles. The quantitative estimate of drug-likeness (QED) is 0.241. The summed E-state index contributed by atoms with van der Waals surface area (Å²) in [5, 5.41) is 12.9. The molecule has 0 aliphatic carbocycles. The maximum Gasteiger partial charge on any atom is 0.460 e. The van der Waals surface area contributed by atoms with Gasteiger partial charge in [0.1, 0.15) is 16.2 Å². The lowest BCUT2D eigenvalue weighted by atomic mass is 9.63. The van der Waals surface area contributed by atoms with Gasteiger partial charge in [-0.05, 0) is 42.5 Å². The van der Waals surface area contributed by atoms with E-state index in [0.717, 1.165) is 27.9 Å². The Morgan fingerprint density at radius 3 is 2.37 bits per heavy atom. The second-order valence-corrected chi connectivity index (χ2v) is 9.91. The van der Waals surface area contributed by atoms with Crippen molar-refractivity contribution in [3.63, 3.8) is 0 Å². The molecule has 35 heavy (non-hydrogen) atoms. The second-order valence-electron chi connectivity index (χ2n) is 8.88.